The van der Waals surface area contributed by atoms with Gasteiger partial charge in [-0.25, -0.2) is 0 Å². The first-order chi connectivity index (χ1) is 11.0. The normalized spacial score (nSPS) is 37.2. The third-order valence-corrected chi connectivity index (χ3v) is 6.98. The summed E-state index contributed by atoms with van der Waals surface area (Å²) in [6.45, 7) is 2.90. The average Bonchev–Trinajstić information content (AvgIpc) is 2.83. The molecule has 0 heterocycles. The van der Waals surface area contributed by atoms with Crippen molar-refractivity contribution < 1.29 is 14.6 Å². The van der Waals surface area contributed by atoms with Crippen LogP contribution in [0.5, 0.6) is 5.75 Å². The summed E-state index contributed by atoms with van der Waals surface area (Å²) >= 11 is 0. The molecule has 0 aliphatic heterocycles. The minimum atomic E-state index is -0.0901. The van der Waals surface area contributed by atoms with Gasteiger partial charge in [0.05, 0.1) is 6.61 Å². The summed E-state index contributed by atoms with van der Waals surface area (Å²) in [5.41, 5.74) is 2.57. The molecule has 24 heavy (non-hydrogen) atoms. The molecule has 0 amide bonds. The first kappa shape index (κ1) is 17.5. The first-order valence-electron chi connectivity index (χ1n) is 8.89. The maximum atomic E-state index is 12.4. The summed E-state index contributed by atoms with van der Waals surface area (Å²) in [6, 6.07) is 5.87. The van der Waals surface area contributed by atoms with Crippen LogP contribution in [0.3, 0.4) is 0 Å². The molecular formula is C21H30O3. The molecule has 0 radical (unpaired) electrons. The minimum absolute atomic E-state index is 0. The van der Waals surface area contributed by atoms with E-state index in [9.17, 15) is 9.90 Å². The minimum Gasteiger partial charge on any atom is -0.508 e. The smallest absolute Gasteiger partial charge is 0.139 e. The Bertz CT molecular complexity index is 638. The van der Waals surface area contributed by atoms with E-state index in [1.54, 1.807) is 7.11 Å². The molecule has 3 heteroatoms. The lowest BCUT2D eigenvalue weighted by Gasteiger charge is -2.50. The van der Waals surface area contributed by atoms with Crippen LogP contribution in [0, 0.1) is 17.3 Å². The summed E-state index contributed by atoms with van der Waals surface area (Å²) in [7, 11) is 1.75. The number of methoxy groups -OCH3 is 1. The van der Waals surface area contributed by atoms with Crippen LogP contribution >= 0.6 is 0 Å². The number of ether oxygens (including phenoxy) is 1. The van der Waals surface area contributed by atoms with Crippen molar-refractivity contribution in [2.75, 3.05) is 13.7 Å². The number of Topliss-reactive ketones (excluding diaryl/α,β-unsaturated/α-hetero) is 1. The number of hydrogen-bond acceptors (Lipinski definition) is 3. The quantitative estimate of drug-likeness (QED) is 0.859. The van der Waals surface area contributed by atoms with Gasteiger partial charge < -0.3 is 9.84 Å². The van der Waals surface area contributed by atoms with Crippen molar-refractivity contribution in [1.82, 2.24) is 0 Å². The van der Waals surface area contributed by atoms with Crippen LogP contribution in [0.4, 0.5) is 0 Å². The van der Waals surface area contributed by atoms with E-state index < -0.39 is 0 Å². The maximum Gasteiger partial charge on any atom is 0.139 e. The monoisotopic (exact) mass is 330 g/mol. The summed E-state index contributed by atoms with van der Waals surface area (Å²) in [4.78, 5) is 12.4. The molecule has 0 aromatic heterocycles. The van der Waals surface area contributed by atoms with Crippen LogP contribution in [-0.2, 0) is 9.53 Å². The molecule has 3 aliphatic carbocycles. The van der Waals surface area contributed by atoms with Gasteiger partial charge in [-0.05, 0) is 66.7 Å². The Kier molecular flexibility index (Phi) is 4.50. The summed E-state index contributed by atoms with van der Waals surface area (Å²) in [6.07, 6.45) is 5.03. The Morgan fingerprint density at radius 2 is 2.08 bits per heavy atom. The topological polar surface area (TPSA) is 46.5 Å². The molecule has 0 bridgehead atoms. The van der Waals surface area contributed by atoms with Crippen LogP contribution in [-0.4, -0.2) is 24.6 Å². The molecule has 3 unspecified atom stereocenters. The zero-order valence-electron chi connectivity index (χ0n) is 14.0. The van der Waals surface area contributed by atoms with Gasteiger partial charge in [0.2, 0.25) is 0 Å². The standard InChI is InChI=1S/C20H26O3.CH4/c1-20-8-7-15-14-4-3-13(21)10-16(14)12(11-23-2)9-17(15)18(20)5-6-19(20)22;/h3-4,10,12,15,17-18,21H,5-9,11H2,1-2H3;1H4/t12-,15?,17?,18?,20-;/m0./s1. The molecule has 1 N–H and O–H groups in total. The summed E-state index contributed by atoms with van der Waals surface area (Å²) < 4.78 is 5.47. The Morgan fingerprint density at radius 3 is 2.83 bits per heavy atom. The molecular weight excluding hydrogens is 300 g/mol. The van der Waals surface area contributed by atoms with Crippen LogP contribution < -0.4 is 0 Å². The number of fused-ring (bicyclic) bond motifs is 5. The fourth-order valence-electron chi connectivity index (χ4n) is 5.84. The zero-order chi connectivity index (χ0) is 16.2. The van der Waals surface area contributed by atoms with Crippen LogP contribution in [0.1, 0.15) is 69.4 Å². The Hall–Kier alpha value is -1.35. The SMILES string of the molecule is C.COC[C@@H]1CC2C(CC[C@]3(C)C(=O)CCC23)c2ccc(O)cc21. The number of carbonyl (C=O) groups is 1. The van der Waals surface area contributed by atoms with Crippen molar-refractivity contribution in [3.05, 3.63) is 29.3 Å². The highest BCUT2D eigenvalue weighted by Gasteiger charge is 2.55. The molecule has 0 spiro atoms. The zero-order valence-corrected chi connectivity index (χ0v) is 14.0. The van der Waals surface area contributed by atoms with Crippen molar-refractivity contribution in [2.45, 2.75) is 58.3 Å². The fourth-order valence-corrected chi connectivity index (χ4v) is 5.84. The highest BCUT2D eigenvalue weighted by molar-refractivity contribution is 5.87. The molecule has 1 aromatic carbocycles. The second kappa shape index (κ2) is 6.18. The number of benzene rings is 1. The number of carbonyl (C=O) groups excluding carboxylic acids is 1. The molecule has 1 aromatic rings. The van der Waals surface area contributed by atoms with Gasteiger partial charge >= 0.3 is 0 Å². The molecule has 2 fully saturated rings. The van der Waals surface area contributed by atoms with Gasteiger partial charge in [-0.2, -0.15) is 0 Å². The number of phenols is 1. The van der Waals surface area contributed by atoms with Gasteiger partial charge in [0.25, 0.3) is 0 Å². The predicted molar refractivity (Wildman–Crippen MR) is 95.4 cm³/mol. The largest absolute Gasteiger partial charge is 0.508 e. The van der Waals surface area contributed by atoms with E-state index in [0.717, 1.165) is 32.1 Å². The van der Waals surface area contributed by atoms with E-state index >= 15 is 0 Å². The second-order valence-corrected chi connectivity index (χ2v) is 8.00. The number of hydrogen-bond donors (Lipinski definition) is 1. The first-order valence-corrected chi connectivity index (χ1v) is 8.89. The van der Waals surface area contributed by atoms with Crippen LogP contribution in [0.25, 0.3) is 0 Å². The summed E-state index contributed by atoms with van der Waals surface area (Å²) in [5.74, 6) is 2.82. The highest BCUT2D eigenvalue weighted by atomic mass is 16.5. The van der Waals surface area contributed by atoms with Crippen molar-refractivity contribution in [3.63, 3.8) is 0 Å². The number of ketones is 1. The molecule has 2 saturated carbocycles. The van der Waals surface area contributed by atoms with Crippen molar-refractivity contribution in [2.24, 2.45) is 17.3 Å². The van der Waals surface area contributed by atoms with Gasteiger partial charge in [-0.3, -0.25) is 4.79 Å². The van der Waals surface area contributed by atoms with E-state index in [4.69, 9.17) is 4.74 Å². The molecule has 3 aliphatic rings. The number of phenolic OH excluding ortho intramolecular Hbond substituents is 1. The van der Waals surface area contributed by atoms with Crippen molar-refractivity contribution in [1.29, 1.82) is 0 Å². The van der Waals surface area contributed by atoms with Crippen molar-refractivity contribution in [3.8, 4) is 5.75 Å². The molecule has 4 rings (SSSR count). The van der Waals surface area contributed by atoms with Crippen molar-refractivity contribution >= 4 is 5.78 Å². The van der Waals surface area contributed by atoms with E-state index in [2.05, 4.69) is 13.0 Å². The van der Waals surface area contributed by atoms with Gasteiger partial charge in [0.15, 0.2) is 0 Å². The lowest BCUT2D eigenvalue weighted by atomic mass is 9.54. The number of rotatable bonds is 2. The lowest BCUT2D eigenvalue weighted by Crippen LogP contribution is -2.43. The third kappa shape index (κ3) is 2.40. The predicted octanol–water partition coefficient (Wildman–Crippen LogP) is 4.64. The van der Waals surface area contributed by atoms with E-state index in [-0.39, 0.29) is 12.8 Å². The Balaban J connectivity index is 0.00000169. The number of aromatic hydroxyl groups is 1. The Morgan fingerprint density at radius 1 is 1.29 bits per heavy atom. The highest BCUT2D eigenvalue weighted by Crippen LogP contribution is 2.61. The molecule has 5 atom stereocenters. The molecule has 0 saturated heterocycles. The van der Waals surface area contributed by atoms with E-state index in [0.29, 0.717) is 41.8 Å². The third-order valence-electron chi connectivity index (χ3n) is 6.98. The average molecular weight is 330 g/mol. The second-order valence-electron chi connectivity index (χ2n) is 8.00. The van der Waals surface area contributed by atoms with E-state index in [1.165, 1.54) is 11.1 Å². The fraction of sp³-hybridized carbons (Fsp3) is 0.667. The van der Waals surface area contributed by atoms with Gasteiger partial charge in [-0.1, -0.05) is 20.4 Å². The van der Waals surface area contributed by atoms with Crippen LogP contribution in [0.2, 0.25) is 0 Å². The van der Waals surface area contributed by atoms with Gasteiger partial charge in [0.1, 0.15) is 11.5 Å². The lowest BCUT2D eigenvalue weighted by molar-refractivity contribution is -0.129. The molecule has 132 valence electrons. The van der Waals surface area contributed by atoms with Crippen LogP contribution in [0.15, 0.2) is 18.2 Å². The Labute approximate surface area is 145 Å². The molecule has 3 nitrogen and oxygen atoms in total. The van der Waals surface area contributed by atoms with E-state index in [1.807, 2.05) is 12.1 Å². The van der Waals surface area contributed by atoms with Gasteiger partial charge in [-0.15, -0.1) is 0 Å². The maximum absolute atomic E-state index is 12.4. The summed E-state index contributed by atoms with van der Waals surface area (Å²) in [5, 5.41) is 9.91. The van der Waals surface area contributed by atoms with Gasteiger partial charge in [0, 0.05) is 24.9 Å².